The van der Waals surface area contributed by atoms with Gasteiger partial charge >= 0.3 is 0 Å². The summed E-state index contributed by atoms with van der Waals surface area (Å²) < 4.78 is 29.2. The molecule has 2 aromatic carbocycles. The highest BCUT2D eigenvalue weighted by atomic mass is 127. The topological polar surface area (TPSA) is 79.8 Å². The van der Waals surface area contributed by atoms with Gasteiger partial charge in [-0.1, -0.05) is 37.3 Å². The molecule has 0 amide bonds. The number of nitrogens with one attached hydrogen (secondary N) is 2. The second-order valence-corrected chi connectivity index (χ2v) is 8.59. The van der Waals surface area contributed by atoms with E-state index >= 15 is 0 Å². The van der Waals surface area contributed by atoms with Crippen LogP contribution >= 0.6 is 24.0 Å². The first-order valence-electron chi connectivity index (χ1n) is 8.91. The predicted molar refractivity (Wildman–Crippen MR) is 126 cm³/mol. The maximum atomic E-state index is 11.6. The van der Waals surface area contributed by atoms with Gasteiger partial charge in [0, 0.05) is 31.5 Å². The van der Waals surface area contributed by atoms with Crippen LogP contribution in [0.2, 0.25) is 0 Å². The van der Waals surface area contributed by atoms with Crippen LogP contribution in [0.25, 0.3) is 0 Å². The number of para-hydroxylation sites is 1. The van der Waals surface area contributed by atoms with Gasteiger partial charge in [0.25, 0.3) is 0 Å². The number of sulfone groups is 1. The van der Waals surface area contributed by atoms with Gasteiger partial charge in [-0.25, -0.2) is 8.42 Å². The van der Waals surface area contributed by atoms with Gasteiger partial charge in [0.2, 0.25) is 0 Å². The third-order valence-electron chi connectivity index (χ3n) is 4.01. The predicted octanol–water partition coefficient (Wildman–Crippen LogP) is 3.51. The molecule has 0 saturated carbocycles. The van der Waals surface area contributed by atoms with Gasteiger partial charge in [-0.3, -0.25) is 4.99 Å². The van der Waals surface area contributed by atoms with Gasteiger partial charge in [-0.05, 0) is 30.7 Å². The van der Waals surface area contributed by atoms with E-state index in [-0.39, 0.29) is 35.5 Å². The Morgan fingerprint density at radius 1 is 1.11 bits per heavy atom. The van der Waals surface area contributed by atoms with E-state index in [1.54, 1.807) is 14.0 Å². The molecular formula is C20H28IN3O3S. The highest BCUT2D eigenvalue weighted by Gasteiger charge is 2.09. The Labute approximate surface area is 184 Å². The van der Waals surface area contributed by atoms with Crippen molar-refractivity contribution in [3.05, 3.63) is 59.7 Å². The Bertz CT molecular complexity index is 872. The zero-order valence-electron chi connectivity index (χ0n) is 16.4. The SMILES string of the molecule is CCS(=O)(=O)CCNC(=NC)NCc1ccc(C)cc1Oc1ccccc1.I. The quantitative estimate of drug-likeness (QED) is 0.319. The molecule has 0 atom stereocenters. The van der Waals surface area contributed by atoms with Gasteiger partial charge < -0.3 is 15.4 Å². The summed E-state index contributed by atoms with van der Waals surface area (Å²) in [6, 6.07) is 15.7. The molecule has 0 fully saturated rings. The van der Waals surface area contributed by atoms with Crippen molar-refractivity contribution in [2.24, 2.45) is 4.99 Å². The highest BCUT2D eigenvalue weighted by molar-refractivity contribution is 14.0. The van der Waals surface area contributed by atoms with Crippen molar-refractivity contribution in [1.82, 2.24) is 10.6 Å². The summed E-state index contributed by atoms with van der Waals surface area (Å²) in [7, 11) is -1.35. The Morgan fingerprint density at radius 3 is 2.46 bits per heavy atom. The molecule has 28 heavy (non-hydrogen) atoms. The lowest BCUT2D eigenvalue weighted by molar-refractivity contribution is 0.475. The van der Waals surface area contributed by atoms with Crippen LogP contribution in [0.4, 0.5) is 0 Å². The van der Waals surface area contributed by atoms with E-state index in [4.69, 9.17) is 4.74 Å². The fraction of sp³-hybridized carbons (Fsp3) is 0.350. The molecule has 154 valence electrons. The van der Waals surface area contributed by atoms with E-state index in [1.165, 1.54) is 0 Å². The van der Waals surface area contributed by atoms with Crippen LogP contribution in [0.5, 0.6) is 11.5 Å². The smallest absolute Gasteiger partial charge is 0.191 e. The molecule has 0 saturated heterocycles. The summed E-state index contributed by atoms with van der Waals surface area (Å²) in [4.78, 5) is 4.14. The van der Waals surface area contributed by atoms with E-state index in [1.807, 2.05) is 55.5 Å². The Morgan fingerprint density at radius 2 is 1.82 bits per heavy atom. The van der Waals surface area contributed by atoms with Crippen LogP contribution < -0.4 is 15.4 Å². The number of benzene rings is 2. The van der Waals surface area contributed by atoms with Gasteiger partial charge in [-0.2, -0.15) is 0 Å². The normalized spacial score (nSPS) is 11.5. The first-order chi connectivity index (χ1) is 12.9. The number of hydrogen-bond donors (Lipinski definition) is 2. The molecule has 0 aliphatic carbocycles. The molecule has 2 rings (SSSR count). The average Bonchev–Trinajstić information content (AvgIpc) is 2.66. The summed E-state index contributed by atoms with van der Waals surface area (Å²) in [5.74, 6) is 2.32. The van der Waals surface area contributed by atoms with Crippen molar-refractivity contribution in [1.29, 1.82) is 0 Å². The summed E-state index contributed by atoms with van der Waals surface area (Å²) in [5, 5.41) is 6.23. The first kappa shape index (κ1) is 24.2. The molecule has 2 aromatic rings. The number of aliphatic imine (C=N–C) groups is 1. The van der Waals surface area contributed by atoms with Crippen LogP contribution in [-0.4, -0.2) is 39.5 Å². The summed E-state index contributed by atoms with van der Waals surface area (Å²) in [6.07, 6.45) is 0. The molecule has 8 heteroatoms. The standard InChI is InChI=1S/C20H27N3O3S.HI/c1-4-27(24,25)13-12-22-20(21-3)23-15-17-11-10-16(2)14-19(17)26-18-8-6-5-7-9-18;/h5-11,14H,4,12-13,15H2,1-3H3,(H2,21,22,23);1H. The van der Waals surface area contributed by atoms with Crippen molar-refractivity contribution >= 4 is 39.8 Å². The molecule has 2 N–H and O–H groups in total. The van der Waals surface area contributed by atoms with Crippen molar-refractivity contribution in [2.75, 3.05) is 25.1 Å². The molecular weight excluding hydrogens is 489 g/mol. The lowest BCUT2D eigenvalue weighted by atomic mass is 10.1. The molecule has 0 spiro atoms. The summed E-state index contributed by atoms with van der Waals surface area (Å²) in [6.45, 7) is 4.48. The highest BCUT2D eigenvalue weighted by Crippen LogP contribution is 2.26. The molecule has 0 radical (unpaired) electrons. The number of nitrogens with zero attached hydrogens (tertiary/aromatic N) is 1. The van der Waals surface area contributed by atoms with E-state index in [0.717, 1.165) is 22.6 Å². The second-order valence-electron chi connectivity index (χ2n) is 6.12. The minimum atomic E-state index is -3.00. The minimum absolute atomic E-state index is 0. The first-order valence-corrected chi connectivity index (χ1v) is 10.7. The zero-order valence-corrected chi connectivity index (χ0v) is 19.6. The molecule has 0 aromatic heterocycles. The van der Waals surface area contributed by atoms with Gasteiger partial charge in [0.15, 0.2) is 15.8 Å². The minimum Gasteiger partial charge on any atom is -0.457 e. The van der Waals surface area contributed by atoms with Gasteiger partial charge in [-0.15, -0.1) is 24.0 Å². The van der Waals surface area contributed by atoms with Gasteiger partial charge in [0.1, 0.15) is 11.5 Å². The van der Waals surface area contributed by atoms with Crippen LogP contribution in [0.15, 0.2) is 53.5 Å². The van der Waals surface area contributed by atoms with Crippen molar-refractivity contribution in [3.8, 4) is 11.5 Å². The van der Waals surface area contributed by atoms with E-state index < -0.39 is 9.84 Å². The summed E-state index contributed by atoms with van der Waals surface area (Å²) >= 11 is 0. The van der Waals surface area contributed by atoms with Crippen molar-refractivity contribution in [3.63, 3.8) is 0 Å². The average molecular weight is 517 g/mol. The third-order valence-corrected chi connectivity index (χ3v) is 5.71. The number of ether oxygens (including phenoxy) is 1. The largest absolute Gasteiger partial charge is 0.457 e. The van der Waals surface area contributed by atoms with E-state index in [2.05, 4.69) is 15.6 Å². The molecule has 0 unspecified atom stereocenters. The van der Waals surface area contributed by atoms with E-state index in [0.29, 0.717) is 19.0 Å². The van der Waals surface area contributed by atoms with E-state index in [9.17, 15) is 8.42 Å². The maximum Gasteiger partial charge on any atom is 0.191 e. The lowest BCUT2D eigenvalue weighted by Crippen LogP contribution is -2.39. The molecule has 0 bridgehead atoms. The maximum absolute atomic E-state index is 11.6. The van der Waals surface area contributed by atoms with Crippen molar-refractivity contribution in [2.45, 2.75) is 20.4 Å². The monoisotopic (exact) mass is 517 g/mol. The Balaban J connectivity index is 0.00000392. The lowest BCUT2D eigenvalue weighted by Gasteiger charge is -2.15. The second kappa shape index (κ2) is 11.9. The van der Waals surface area contributed by atoms with Crippen LogP contribution in [-0.2, 0) is 16.4 Å². The molecule has 0 heterocycles. The van der Waals surface area contributed by atoms with Crippen LogP contribution in [0.1, 0.15) is 18.1 Å². The fourth-order valence-electron chi connectivity index (χ4n) is 2.39. The number of hydrogen-bond acceptors (Lipinski definition) is 4. The fourth-order valence-corrected chi connectivity index (χ4v) is 3.09. The Hall–Kier alpha value is -1.81. The molecule has 6 nitrogen and oxygen atoms in total. The van der Waals surface area contributed by atoms with Crippen molar-refractivity contribution < 1.29 is 13.2 Å². The number of halogens is 1. The Kier molecular flexibility index (Phi) is 10.3. The zero-order chi connectivity index (χ0) is 19.7. The number of aryl methyl sites for hydroxylation is 1. The molecule has 0 aliphatic heterocycles. The number of guanidine groups is 1. The van der Waals surface area contributed by atoms with Crippen LogP contribution in [0.3, 0.4) is 0 Å². The third kappa shape index (κ3) is 8.05. The number of rotatable bonds is 8. The van der Waals surface area contributed by atoms with Crippen LogP contribution in [0, 0.1) is 6.92 Å². The van der Waals surface area contributed by atoms with Gasteiger partial charge in [0.05, 0.1) is 5.75 Å². The molecule has 0 aliphatic rings. The summed E-state index contributed by atoms with van der Waals surface area (Å²) in [5.41, 5.74) is 2.09.